The Morgan fingerprint density at radius 1 is 1.26 bits per heavy atom. The molecule has 1 aromatic carbocycles. The first-order chi connectivity index (χ1) is 9.36. The molecular formula is C15H18N2OS. The van der Waals surface area contributed by atoms with E-state index in [1.807, 2.05) is 0 Å². The van der Waals surface area contributed by atoms with Crippen molar-refractivity contribution in [2.24, 2.45) is 5.84 Å². The molecule has 0 amide bonds. The number of thiophene rings is 1. The minimum atomic E-state index is 0.200. The number of hydrogen-bond donors (Lipinski definition) is 2. The molecule has 0 fully saturated rings. The van der Waals surface area contributed by atoms with Gasteiger partial charge >= 0.3 is 0 Å². The average molecular weight is 274 g/mol. The Balaban J connectivity index is 1.71. The van der Waals surface area contributed by atoms with E-state index in [4.69, 9.17) is 10.6 Å². The van der Waals surface area contributed by atoms with Crippen LogP contribution in [0.4, 0.5) is 0 Å². The van der Waals surface area contributed by atoms with Crippen LogP contribution in [0.3, 0.4) is 0 Å². The van der Waals surface area contributed by atoms with E-state index in [2.05, 4.69) is 40.5 Å². The first kappa shape index (κ1) is 12.8. The van der Waals surface area contributed by atoms with Crippen molar-refractivity contribution in [1.29, 1.82) is 0 Å². The number of hydrogen-bond acceptors (Lipinski definition) is 4. The highest BCUT2D eigenvalue weighted by Crippen LogP contribution is 2.26. The summed E-state index contributed by atoms with van der Waals surface area (Å²) in [6, 6.07) is 8.92. The van der Waals surface area contributed by atoms with E-state index < -0.39 is 0 Å². The number of aryl methyl sites for hydroxylation is 1. The molecule has 3 nitrogen and oxygen atoms in total. The van der Waals surface area contributed by atoms with Gasteiger partial charge in [0.05, 0.1) is 13.2 Å². The van der Waals surface area contributed by atoms with E-state index in [0.717, 1.165) is 26.1 Å². The summed E-state index contributed by atoms with van der Waals surface area (Å²) < 4.78 is 5.45. The highest BCUT2D eigenvalue weighted by atomic mass is 32.1. The van der Waals surface area contributed by atoms with Crippen LogP contribution in [0.2, 0.25) is 0 Å². The molecular weight excluding hydrogens is 256 g/mol. The average Bonchev–Trinajstić information content (AvgIpc) is 3.09. The first-order valence-electron chi connectivity index (χ1n) is 6.53. The molecule has 2 aromatic rings. The molecule has 0 radical (unpaired) electrons. The molecule has 3 rings (SSSR count). The van der Waals surface area contributed by atoms with Crippen LogP contribution in [0.5, 0.6) is 0 Å². The molecule has 2 heterocycles. The lowest BCUT2D eigenvalue weighted by atomic mass is 9.97. The largest absolute Gasteiger partial charge is 0.372 e. The maximum absolute atomic E-state index is 5.71. The molecule has 0 saturated carbocycles. The minimum absolute atomic E-state index is 0.200. The fraction of sp³-hybridized carbons (Fsp3) is 0.333. The molecule has 0 saturated heterocycles. The molecule has 1 unspecified atom stereocenters. The fourth-order valence-electron chi connectivity index (χ4n) is 2.50. The number of benzene rings is 1. The summed E-state index contributed by atoms with van der Waals surface area (Å²) in [7, 11) is 0. The summed E-state index contributed by atoms with van der Waals surface area (Å²) in [5.41, 5.74) is 8.17. The smallest absolute Gasteiger partial charge is 0.0725 e. The number of nitrogens with two attached hydrogens (primary N) is 1. The van der Waals surface area contributed by atoms with Gasteiger partial charge in [-0.05, 0) is 51.9 Å². The van der Waals surface area contributed by atoms with Crippen molar-refractivity contribution < 1.29 is 4.74 Å². The van der Waals surface area contributed by atoms with Crippen molar-refractivity contribution in [2.75, 3.05) is 0 Å². The minimum Gasteiger partial charge on any atom is -0.372 e. The second kappa shape index (κ2) is 5.84. The lowest BCUT2D eigenvalue weighted by Gasteiger charge is -2.17. The molecule has 19 heavy (non-hydrogen) atoms. The zero-order valence-corrected chi connectivity index (χ0v) is 11.6. The van der Waals surface area contributed by atoms with Crippen molar-refractivity contribution in [1.82, 2.24) is 5.43 Å². The number of ether oxygens (including phenoxy) is 1. The Morgan fingerprint density at radius 3 is 2.95 bits per heavy atom. The lowest BCUT2D eigenvalue weighted by Crippen LogP contribution is -2.28. The number of fused-ring (bicyclic) bond motifs is 1. The second-order valence-electron chi connectivity index (χ2n) is 4.91. The van der Waals surface area contributed by atoms with Crippen LogP contribution in [-0.4, -0.2) is 0 Å². The highest BCUT2D eigenvalue weighted by molar-refractivity contribution is 7.07. The predicted molar refractivity (Wildman–Crippen MR) is 77.6 cm³/mol. The van der Waals surface area contributed by atoms with Crippen LogP contribution >= 0.6 is 11.3 Å². The molecule has 100 valence electrons. The van der Waals surface area contributed by atoms with Crippen molar-refractivity contribution in [3.63, 3.8) is 0 Å². The van der Waals surface area contributed by atoms with Crippen molar-refractivity contribution in [3.05, 3.63) is 57.3 Å². The normalized spacial score (nSPS) is 15.4. The summed E-state index contributed by atoms with van der Waals surface area (Å²) in [5.74, 6) is 5.71. The highest BCUT2D eigenvalue weighted by Gasteiger charge is 2.15. The molecule has 1 aromatic heterocycles. The third-order valence-electron chi connectivity index (χ3n) is 3.65. The van der Waals surface area contributed by atoms with Gasteiger partial charge in [0, 0.05) is 6.04 Å². The van der Waals surface area contributed by atoms with Crippen molar-refractivity contribution in [3.8, 4) is 0 Å². The summed E-state index contributed by atoms with van der Waals surface area (Å²) in [4.78, 5) is 0. The Labute approximate surface area is 117 Å². The van der Waals surface area contributed by atoms with Gasteiger partial charge in [0.1, 0.15) is 0 Å². The molecule has 1 aliphatic heterocycles. The summed E-state index contributed by atoms with van der Waals surface area (Å²) in [5, 5.41) is 4.32. The van der Waals surface area contributed by atoms with Crippen LogP contribution in [-0.2, 0) is 24.4 Å². The van der Waals surface area contributed by atoms with Crippen LogP contribution in [0.15, 0.2) is 35.0 Å². The van der Waals surface area contributed by atoms with Gasteiger partial charge in [-0.1, -0.05) is 18.2 Å². The van der Waals surface area contributed by atoms with Gasteiger partial charge in [0.25, 0.3) is 0 Å². The Kier molecular flexibility index (Phi) is 3.94. The third-order valence-corrected chi connectivity index (χ3v) is 4.38. The summed E-state index contributed by atoms with van der Waals surface area (Å²) >= 11 is 1.74. The molecule has 4 heteroatoms. The van der Waals surface area contributed by atoms with E-state index in [1.165, 1.54) is 22.3 Å². The molecule has 1 atom stereocenters. The van der Waals surface area contributed by atoms with Gasteiger partial charge < -0.3 is 4.74 Å². The zero-order chi connectivity index (χ0) is 13.1. The van der Waals surface area contributed by atoms with Crippen LogP contribution in [0, 0.1) is 0 Å². The Morgan fingerprint density at radius 2 is 2.16 bits per heavy atom. The quantitative estimate of drug-likeness (QED) is 0.651. The van der Waals surface area contributed by atoms with Gasteiger partial charge in [-0.15, -0.1) is 0 Å². The second-order valence-corrected chi connectivity index (χ2v) is 5.69. The standard InChI is InChI=1S/C15H18N2OS/c16-17-15(4-1-11-5-6-19-10-11)12-2-3-13-8-18-9-14(13)7-12/h2-3,5-7,10,15,17H,1,4,8-9,16H2. The zero-order valence-electron chi connectivity index (χ0n) is 10.8. The maximum Gasteiger partial charge on any atom is 0.0725 e. The topological polar surface area (TPSA) is 47.3 Å². The number of nitrogens with one attached hydrogen (secondary N) is 1. The number of hydrazine groups is 1. The van der Waals surface area contributed by atoms with Gasteiger partial charge in [-0.2, -0.15) is 11.3 Å². The van der Waals surface area contributed by atoms with E-state index >= 15 is 0 Å². The maximum atomic E-state index is 5.71. The molecule has 1 aliphatic rings. The molecule has 0 aliphatic carbocycles. The Hall–Kier alpha value is -1.20. The van der Waals surface area contributed by atoms with Crippen molar-refractivity contribution in [2.45, 2.75) is 32.1 Å². The monoisotopic (exact) mass is 274 g/mol. The summed E-state index contributed by atoms with van der Waals surface area (Å²) in [6.07, 6.45) is 2.05. The van der Waals surface area contributed by atoms with Crippen LogP contribution in [0.25, 0.3) is 0 Å². The van der Waals surface area contributed by atoms with E-state index in [-0.39, 0.29) is 6.04 Å². The number of rotatable bonds is 5. The molecule has 0 spiro atoms. The van der Waals surface area contributed by atoms with Crippen LogP contribution in [0.1, 0.15) is 34.7 Å². The fourth-order valence-corrected chi connectivity index (χ4v) is 3.20. The Bertz CT molecular complexity index is 539. The lowest BCUT2D eigenvalue weighted by molar-refractivity contribution is 0.134. The SMILES string of the molecule is NNC(CCc1ccsc1)c1ccc2c(c1)COC2. The predicted octanol–water partition coefficient (Wildman–Crippen LogP) is 2.92. The van der Waals surface area contributed by atoms with E-state index in [0.29, 0.717) is 0 Å². The van der Waals surface area contributed by atoms with Gasteiger partial charge in [0.15, 0.2) is 0 Å². The van der Waals surface area contributed by atoms with E-state index in [9.17, 15) is 0 Å². The molecule has 0 bridgehead atoms. The van der Waals surface area contributed by atoms with Gasteiger partial charge in [-0.25, -0.2) is 0 Å². The molecule has 3 N–H and O–H groups in total. The van der Waals surface area contributed by atoms with Crippen LogP contribution < -0.4 is 11.3 Å². The van der Waals surface area contributed by atoms with Gasteiger partial charge in [-0.3, -0.25) is 11.3 Å². The van der Waals surface area contributed by atoms with Gasteiger partial charge in [0.2, 0.25) is 0 Å². The van der Waals surface area contributed by atoms with Crippen molar-refractivity contribution >= 4 is 11.3 Å². The summed E-state index contributed by atoms with van der Waals surface area (Å²) in [6.45, 7) is 1.47. The third kappa shape index (κ3) is 2.87. The van der Waals surface area contributed by atoms with E-state index in [1.54, 1.807) is 11.3 Å². The first-order valence-corrected chi connectivity index (χ1v) is 7.48.